The lowest BCUT2D eigenvalue weighted by molar-refractivity contribution is -0.137. The Balaban J connectivity index is 2.19. The fourth-order valence-corrected chi connectivity index (χ4v) is 2.58. The predicted octanol–water partition coefficient (Wildman–Crippen LogP) is 3.43. The molecule has 0 aliphatic rings. The molecular formula is C19H21NO3. The Bertz CT molecular complexity index is 682. The lowest BCUT2D eigenvalue weighted by Crippen LogP contribution is -2.33. The molecule has 2 atom stereocenters. The van der Waals surface area contributed by atoms with Crippen molar-refractivity contribution >= 4 is 11.9 Å². The molecule has 0 spiro atoms. The number of carboxylic acids is 1. The van der Waals surface area contributed by atoms with Crippen molar-refractivity contribution in [2.24, 2.45) is 0 Å². The van der Waals surface area contributed by atoms with E-state index in [1.54, 1.807) is 0 Å². The van der Waals surface area contributed by atoms with Gasteiger partial charge in [-0.15, -0.1) is 0 Å². The third-order valence-electron chi connectivity index (χ3n) is 3.95. The van der Waals surface area contributed by atoms with Crippen LogP contribution < -0.4 is 5.32 Å². The molecule has 0 heterocycles. The van der Waals surface area contributed by atoms with Gasteiger partial charge in [0.05, 0.1) is 18.4 Å². The van der Waals surface area contributed by atoms with Crippen LogP contribution in [0.15, 0.2) is 54.6 Å². The molecule has 0 saturated heterocycles. The third kappa shape index (κ3) is 4.42. The first kappa shape index (κ1) is 16.7. The second kappa shape index (κ2) is 7.58. The van der Waals surface area contributed by atoms with Crippen molar-refractivity contribution in [2.45, 2.75) is 32.2 Å². The summed E-state index contributed by atoms with van der Waals surface area (Å²) in [6.45, 7) is 3.73. The summed E-state index contributed by atoms with van der Waals surface area (Å²) < 4.78 is 0. The molecule has 1 amide bonds. The number of benzene rings is 2. The van der Waals surface area contributed by atoms with E-state index in [1.165, 1.54) is 0 Å². The number of carbonyl (C=O) groups excluding carboxylic acids is 1. The highest BCUT2D eigenvalue weighted by Gasteiger charge is 2.23. The van der Waals surface area contributed by atoms with Crippen LogP contribution in [-0.2, 0) is 9.59 Å². The van der Waals surface area contributed by atoms with Crippen LogP contribution in [0.2, 0.25) is 0 Å². The molecule has 0 radical (unpaired) electrons. The van der Waals surface area contributed by atoms with E-state index in [1.807, 2.05) is 68.4 Å². The van der Waals surface area contributed by atoms with E-state index < -0.39 is 12.0 Å². The normalized spacial score (nSPS) is 13.1. The van der Waals surface area contributed by atoms with Crippen LogP contribution in [0.5, 0.6) is 0 Å². The molecule has 0 fully saturated rings. The summed E-state index contributed by atoms with van der Waals surface area (Å²) in [5.41, 5.74) is 2.71. The Hall–Kier alpha value is -2.62. The first-order valence-corrected chi connectivity index (χ1v) is 7.61. The Kier molecular flexibility index (Phi) is 5.52. The maximum absolute atomic E-state index is 12.5. The largest absolute Gasteiger partial charge is 0.481 e. The van der Waals surface area contributed by atoms with Crippen LogP contribution >= 0.6 is 0 Å². The molecule has 120 valence electrons. The lowest BCUT2D eigenvalue weighted by Gasteiger charge is -2.22. The van der Waals surface area contributed by atoms with Crippen LogP contribution in [-0.4, -0.2) is 17.0 Å². The van der Waals surface area contributed by atoms with Crippen molar-refractivity contribution in [1.82, 2.24) is 5.32 Å². The minimum Gasteiger partial charge on any atom is -0.481 e. The molecule has 0 aliphatic carbocycles. The molecule has 23 heavy (non-hydrogen) atoms. The summed E-state index contributed by atoms with van der Waals surface area (Å²) >= 11 is 0. The zero-order valence-corrected chi connectivity index (χ0v) is 13.3. The smallest absolute Gasteiger partial charge is 0.305 e. The number of rotatable bonds is 6. The zero-order valence-electron chi connectivity index (χ0n) is 13.3. The van der Waals surface area contributed by atoms with E-state index in [4.69, 9.17) is 5.11 Å². The van der Waals surface area contributed by atoms with Crippen LogP contribution in [0.3, 0.4) is 0 Å². The van der Waals surface area contributed by atoms with Gasteiger partial charge in [0.2, 0.25) is 5.91 Å². The molecule has 0 bridgehead atoms. The van der Waals surface area contributed by atoms with E-state index in [0.717, 1.165) is 16.7 Å². The van der Waals surface area contributed by atoms with Crippen LogP contribution in [0.25, 0.3) is 0 Å². The van der Waals surface area contributed by atoms with E-state index in [0.29, 0.717) is 0 Å². The SMILES string of the molecule is Cc1ccccc1C(CC(=O)O)NC(=O)[C@H](C)c1ccccc1. The first-order valence-electron chi connectivity index (χ1n) is 7.61. The Labute approximate surface area is 136 Å². The van der Waals surface area contributed by atoms with Gasteiger partial charge in [0.15, 0.2) is 0 Å². The number of carbonyl (C=O) groups is 2. The van der Waals surface area contributed by atoms with Gasteiger partial charge in [-0.2, -0.15) is 0 Å². The molecule has 0 saturated carbocycles. The van der Waals surface area contributed by atoms with Gasteiger partial charge in [-0.05, 0) is 30.5 Å². The number of nitrogens with one attached hydrogen (secondary N) is 1. The van der Waals surface area contributed by atoms with Gasteiger partial charge < -0.3 is 10.4 Å². The van der Waals surface area contributed by atoms with Crippen molar-refractivity contribution in [2.75, 3.05) is 0 Å². The maximum atomic E-state index is 12.5. The monoisotopic (exact) mass is 311 g/mol. The van der Waals surface area contributed by atoms with Crippen molar-refractivity contribution < 1.29 is 14.7 Å². The van der Waals surface area contributed by atoms with Crippen molar-refractivity contribution in [3.63, 3.8) is 0 Å². The molecule has 2 rings (SSSR count). The third-order valence-corrected chi connectivity index (χ3v) is 3.95. The summed E-state index contributed by atoms with van der Waals surface area (Å²) in [7, 11) is 0. The molecular weight excluding hydrogens is 290 g/mol. The van der Waals surface area contributed by atoms with Gasteiger partial charge >= 0.3 is 5.97 Å². The zero-order chi connectivity index (χ0) is 16.8. The summed E-state index contributed by atoms with van der Waals surface area (Å²) in [5.74, 6) is -1.45. The minimum absolute atomic E-state index is 0.141. The second-order valence-electron chi connectivity index (χ2n) is 5.65. The number of aliphatic carboxylic acids is 1. The number of hydrogen-bond acceptors (Lipinski definition) is 2. The fraction of sp³-hybridized carbons (Fsp3) is 0.263. The highest BCUT2D eigenvalue weighted by molar-refractivity contribution is 5.84. The van der Waals surface area contributed by atoms with E-state index in [9.17, 15) is 9.59 Å². The molecule has 2 aromatic rings. The maximum Gasteiger partial charge on any atom is 0.305 e. The molecule has 0 aromatic heterocycles. The molecule has 2 aromatic carbocycles. The summed E-state index contributed by atoms with van der Waals surface area (Å²) in [6.07, 6.45) is -0.141. The highest BCUT2D eigenvalue weighted by Crippen LogP contribution is 2.23. The molecule has 2 N–H and O–H groups in total. The molecule has 1 unspecified atom stereocenters. The predicted molar refractivity (Wildman–Crippen MR) is 89.2 cm³/mol. The number of amides is 1. The van der Waals surface area contributed by atoms with E-state index in [2.05, 4.69) is 5.32 Å². The minimum atomic E-state index is -0.939. The van der Waals surface area contributed by atoms with Gasteiger partial charge in [-0.3, -0.25) is 9.59 Å². The summed E-state index contributed by atoms with van der Waals surface area (Å²) in [4.78, 5) is 23.7. The topological polar surface area (TPSA) is 66.4 Å². The van der Waals surface area contributed by atoms with Gasteiger partial charge in [0, 0.05) is 0 Å². The average molecular weight is 311 g/mol. The van der Waals surface area contributed by atoms with Crippen molar-refractivity contribution in [1.29, 1.82) is 0 Å². The van der Waals surface area contributed by atoms with Crippen LogP contribution in [0, 0.1) is 6.92 Å². The molecule has 4 nitrogen and oxygen atoms in total. The van der Waals surface area contributed by atoms with E-state index in [-0.39, 0.29) is 18.2 Å². The number of aryl methyl sites for hydroxylation is 1. The van der Waals surface area contributed by atoms with Crippen LogP contribution in [0.1, 0.15) is 42.0 Å². The van der Waals surface area contributed by atoms with Gasteiger partial charge in [0.1, 0.15) is 0 Å². The Morgan fingerprint density at radius 3 is 2.26 bits per heavy atom. The lowest BCUT2D eigenvalue weighted by atomic mass is 9.96. The highest BCUT2D eigenvalue weighted by atomic mass is 16.4. The van der Waals surface area contributed by atoms with Crippen LogP contribution in [0.4, 0.5) is 0 Å². The summed E-state index contributed by atoms with van der Waals surface area (Å²) in [5, 5.41) is 12.0. The molecule has 0 aliphatic heterocycles. The van der Waals surface area contributed by atoms with Gasteiger partial charge in [-0.25, -0.2) is 0 Å². The fourth-order valence-electron chi connectivity index (χ4n) is 2.58. The second-order valence-corrected chi connectivity index (χ2v) is 5.65. The molecule has 4 heteroatoms. The average Bonchev–Trinajstić information content (AvgIpc) is 2.54. The quantitative estimate of drug-likeness (QED) is 0.859. The van der Waals surface area contributed by atoms with Gasteiger partial charge in [-0.1, -0.05) is 54.6 Å². The number of carboxylic acid groups (broad SMARTS) is 1. The Morgan fingerprint density at radius 1 is 1.04 bits per heavy atom. The van der Waals surface area contributed by atoms with E-state index >= 15 is 0 Å². The first-order chi connectivity index (χ1) is 11.0. The van der Waals surface area contributed by atoms with Crippen molar-refractivity contribution in [3.05, 3.63) is 71.3 Å². The summed E-state index contributed by atoms with van der Waals surface area (Å²) in [6, 6.07) is 16.4. The Morgan fingerprint density at radius 2 is 1.65 bits per heavy atom. The standard InChI is InChI=1S/C19H21NO3/c1-13-8-6-7-11-16(13)17(12-18(21)22)20-19(23)14(2)15-9-4-3-5-10-15/h3-11,14,17H,12H2,1-2H3,(H,20,23)(H,21,22)/t14-,17?/m1/s1. The number of hydrogen-bond donors (Lipinski definition) is 2. The van der Waals surface area contributed by atoms with Gasteiger partial charge in [0.25, 0.3) is 0 Å². The van der Waals surface area contributed by atoms with Crippen molar-refractivity contribution in [3.8, 4) is 0 Å².